The zero-order valence-electron chi connectivity index (χ0n) is 21.0. The number of benzene rings is 1. The number of likely N-dealkylation sites (N-methyl/N-ethyl adjacent to an activating group) is 1. The van der Waals surface area contributed by atoms with Crippen LogP contribution in [0.25, 0.3) is 0 Å². The average molecular weight is 431 g/mol. The zero-order chi connectivity index (χ0) is 22.0. The number of hydrogen-bond acceptors (Lipinski definition) is 1. The molecule has 2 heteroatoms. The summed E-state index contributed by atoms with van der Waals surface area (Å²) in [6.07, 6.45) is 23.8. The molecule has 0 saturated carbocycles. The van der Waals surface area contributed by atoms with E-state index in [1.165, 1.54) is 132 Å². The van der Waals surface area contributed by atoms with Gasteiger partial charge < -0.3 is 9.22 Å². The fraction of sp³-hybridized carbons (Fsp3) is 0.793. The van der Waals surface area contributed by atoms with Crippen molar-refractivity contribution in [2.45, 2.75) is 116 Å². The lowest BCUT2D eigenvalue weighted by molar-refractivity contribution is -0.914. The summed E-state index contributed by atoms with van der Waals surface area (Å²) >= 11 is 0. The van der Waals surface area contributed by atoms with Crippen LogP contribution in [0.1, 0.15) is 115 Å². The molecule has 1 aliphatic heterocycles. The maximum absolute atomic E-state index is 6.12. The van der Waals surface area contributed by atoms with Crippen LogP contribution in [0.5, 0.6) is 5.75 Å². The Labute approximate surface area is 194 Å². The molecular weight excluding hydrogens is 378 g/mol. The molecule has 0 spiro atoms. The first-order chi connectivity index (χ1) is 15.2. The standard InChI is InChI=1S/C29H52NO/c1-3-4-5-6-7-8-9-10-11-12-13-14-16-20-28-21-19-22-29(27-28)31-26-25-30(2)23-17-15-18-24-30/h19,21-22,27H,3-18,20,23-26H2,1-2H3/q+1. The molecular formula is C29H52NO+. The van der Waals surface area contributed by atoms with Crippen molar-refractivity contribution in [3.05, 3.63) is 29.8 Å². The second kappa shape index (κ2) is 16.6. The van der Waals surface area contributed by atoms with E-state index in [9.17, 15) is 0 Å². The van der Waals surface area contributed by atoms with E-state index in [1.54, 1.807) is 0 Å². The predicted molar refractivity (Wildman–Crippen MR) is 136 cm³/mol. The highest BCUT2D eigenvalue weighted by atomic mass is 16.5. The van der Waals surface area contributed by atoms with Crippen LogP contribution in [0.2, 0.25) is 0 Å². The van der Waals surface area contributed by atoms with Crippen molar-refractivity contribution in [3.63, 3.8) is 0 Å². The maximum atomic E-state index is 6.12. The number of likely N-dealkylation sites (tertiary alicyclic amines) is 1. The van der Waals surface area contributed by atoms with Crippen LogP contribution < -0.4 is 4.74 Å². The summed E-state index contributed by atoms with van der Waals surface area (Å²) in [6.45, 7) is 6.93. The van der Waals surface area contributed by atoms with Crippen LogP contribution in [-0.2, 0) is 6.42 Å². The Kier molecular flexibility index (Phi) is 14.0. The van der Waals surface area contributed by atoms with Gasteiger partial charge in [0.25, 0.3) is 0 Å². The van der Waals surface area contributed by atoms with Crippen LogP contribution in [-0.4, -0.2) is 37.8 Å². The maximum Gasteiger partial charge on any atom is 0.137 e. The molecule has 0 bridgehead atoms. The van der Waals surface area contributed by atoms with Gasteiger partial charge in [-0.05, 0) is 49.8 Å². The number of nitrogens with zero attached hydrogens (tertiary/aromatic N) is 1. The van der Waals surface area contributed by atoms with Crippen LogP contribution in [0.15, 0.2) is 24.3 Å². The molecule has 0 aliphatic carbocycles. The minimum atomic E-state index is 0.846. The van der Waals surface area contributed by atoms with Gasteiger partial charge in [-0.1, -0.05) is 96.1 Å². The van der Waals surface area contributed by atoms with Gasteiger partial charge in [-0.15, -0.1) is 0 Å². The molecule has 1 heterocycles. The van der Waals surface area contributed by atoms with Gasteiger partial charge in [-0.2, -0.15) is 0 Å². The number of hydrogen-bond donors (Lipinski definition) is 0. The summed E-state index contributed by atoms with van der Waals surface area (Å²) in [5.41, 5.74) is 1.44. The highest BCUT2D eigenvalue weighted by molar-refractivity contribution is 5.28. The minimum absolute atomic E-state index is 0.846. The van der Waals surface area contributed by atoms with E-state index in [4.69, 9.17) is 4.74 Å². The van der Waals surface area contributed by atoms with Crippen molar-refractivity contribution >= 4 is 0 Å². The van der Waals surface area contributed by atoms with Crippen LogP contribution in [0, 0.1) is 0 Å². The van der Waals surface area contributed by atoms with Gasteiger partial charge in [0.2, 0.25) is 0 Å². The first kappa shape index (κ1) is 26.2. The van der Waals surface area contributed by atoms with Crippen LogP contribution in [0.3, 0.4) is 0 Å². The molecule has 1 fully saturated rings. The zero-order valence-corrected chi connectivity index (χ0v) is 21.0. The molecule has 1 aromatic rings. The highest BCUT2D eigenvalue weighted by Gasteiger charge is 2.24. The number of unbranched alkanes of at least 4 members (excludes halogenated alkanes) is 12. The van der Waals surface area contributed by atoms with Gasteiger partial charge in [0.05, 0.1) is 20.1 Å². The molecule has 0 aromatic heterocycles. The normalized spacial score (nSPS) is 15.8. The summed E-state index contributed by atoms with van der Waals surface area (Å²) in [5, 5.41) is 0. The largest absolute Gasteiger partial charge is 0.488 e. The van der Waals surface area contributed by atoms with Gasteiger partial charge in [0, 0.05) is 0 Å². The third-order valence-electron chi connectivity index (χ3n) is 7.26. The lowest BCUT2D eigenvalue weighted by Crippen LogP contribution is -2.50. The van der Waals surface area contributed by atoms with Crippen molar-refractivity contribution < 1.29 is 9.22 Å². The number of piperidine rings is 1. The van der Waals surface area contributed by atoms with Crippen molar-refractivity contribution in [3.8, 4) is 5.75 Å². The Balaban J connectivity index is 1.45. The third kappa shape index (κ3) is 12.6. The summed E-state index contributed by atoms with van der Waals surface area (Å²) < 4.78 is 7.31. The summed E-state index contributed by atoms with van der Waals surface area (Å²) in [5.74, 6) is 1.07. The van der Waals surface area contributed by atoms with E-state index < -0.39 is 0 Å². The Bertz CT molecular complexity index is 549. The molecule has 178 valence electrons. The first-order valence-corrected chi connectivity index (χ1v) is 13.8. The van der Waals surface area contributed by atoms with Gasteiger partial charge in [0.15, 0.2) is 0 Å². The Morgan fingerprint density at radius 2 is 1.32 bits per heavy atom. The molecule has 0 radical (unpaired) electrons. The Morgan fingerprint density at radius 1 is 0.742 bits per heavy atom. The number of quaternary nitrogens is 1. The second-order valence-electron chi connectivity index (χ2n) is 10.3. The van der Waals surface area contributed by atoms with Crippen molar-refractivity contribution in [1.82, 2.24) is 0 Å². The summed E-state index contributed by atoms with van der Waals surface area (Å²) in [7, 11) is 2.40. The molecule has 1 aliphatic rings. The monoisotopic (exact) mass is 430 g/mol. The highest BCUT2D eigenvalue weighted by Crippen LogP contribution is 2.19. The van der Waals surface area contributed by atoms with Gasteiger partial charge >= 0.3 is 0 Å². The molecule has 31 heavy (non-hydrogen) atoms. The number of rotatable bonds is 18. The molecule has 2 nitrogen and oxygen atoms in total. The van der Waals surface area contributed by atoms with Crippen LogP contribution >= 0.6 is 0 Å². The molecule has 0 amide bonds. The summed E-state index contributed by atoms with van der Waals surface area (Å²) in [6, 6.07) is 8.84. The van der Waals surface area contributed by atoms with Crippen LogP contribution in [0.4, 0.5) is 0 Å². The van der Waals surface area contributed by atoms with Crippen molar-refractivity contribution in [2.24, 2.45) is 0 Å². The molecule has 1 saturated heterocycles. The molecule has 1 aromatic carbocycles. The van der Waals surface area contributed by atoms with E-state index in [1.807, 2.05) is 0 Å². The van der Waals surface area contributed by atoms with E-state index in [0.717, 1.165) is 18.9 Å². The number of aryl methyl sites for hydroxylation is 1. The lowest BCUT2D eigenvalue weighted by Gasteiger charge is -2.37. The van der Waals surface area contributed by atoms with Gasteiger partial charge in [-0.25, -0.2) is 0 Å². The van der Waals surface area contributed by atoms with Crippen molar-refractivity contribution in [2.75, 3.05) is 33.3 Å². The SMILES string of the molecule is CCCCCCCCCCCCCCCc1cccc(OCC[N+]2(C)CCCCC2)c1. The Morgan fingerprint density at radius 3 is 1.94 bits per heavy atom. The topological polar surface area (TPSA) is 9.23 Å². The predicted octanol–water partition coefficient (Wildman–Crippen LogP) is 8.33. The van der Waals surface area contributed by atoms with Crippen molar-refractivity contribution in [1.29, 1.82) is 0 Å². The summed E-state index contributed by atoms with van der Waals surface area (Å²) in [4.78, 5) is 0. The van der Waals surface area contributed by atoms with E-state index >= 15 is 0 Å². The minimum Gasteiger partial charge on any atom is -0.488 e. The fourth-order valence-corrected chi connectivity index (χ4v) is 5.02. The molecule has 0 N–H and O–H groups in total. The third-order valence-corrected chi connectivity index (χ3v) is 7.26. The molecule has 0 unspecified atom stereocenters. The molecule has 2 rings (SSSR count). The van der Waals surface area contributed by atoms with Gasteiger partial charge in [0.1, 0.15) is 18.9 Å². The first-order valence-electron chi connectivity index (χ1n) is 13.8. The lowest BCUT2D eigenvalue weighted by atomic mass is 10.0. The Hall–Kier alpha value is -1.02. The second-order valence-corrected chi connectivity index (χ2v) is 10.3. The van der Waals surface area contributed by atoms with E-state index in [-0.39, 0.29) is 0 Å². The molecule has 0 atom stereocenters. The fourth-order valence-electron chi connectivity index (χ4n) is 5.02. The van der Waals surface area contributed by atoms with E-state index in [2.05, 4.69) is 38.2 Å². The number of ether oxygens (including phenoxy) is 1. The van der Waals surface area contributed by atoms with Gasteiger partial charge in [-0.3, -0.25) is 0 Å². The smallest absolute Gasteiger partial charge is 0.137 e. The quantitative estimate of drug-likeness (QED) is 0.168. The average Bonchev–Trinajstić information content (AvgIpc) is 2.78. The van der Waals surface area contributed by atoms with E-state index in [0.29, 0.717) is 0 Å².